The summed E-state index contributed by atoms with van der Waals surface area (Å²) in [5.41, 5.74) is 8.11. The highest BCUT2D eigenvalue weighted by Crippen LogP contribution is 2.18. The van der Waals surface area contributed by atoms with Gasteiger partial charge in [0.1, 0.15) is 0 Å². The number of anilines is 2. The van der Waals surface area contributed by atoms with Gasteiger partial charge in [-0.2, -0.15) is 0 Å². The van der Waals surface area contributed by atoms with Crippen molar-refractivity contribution < 1.29 is 4.79 Å². The Labute approximate surface area is 195 Å². The molecule has 1 aliphatic rings. The van der Waals surface area contributed by atoms with E-state index in [1.807, 2.05) is 17.0 Å². The summed E-state index contributed by atoms with van der Waals surface area (Å²) in [6.07, 6.45) is 3.81. The normalized spacial score (nSPS) is 14.4. The summed E-state index contributed by atoms with van der Waals surface area (Å²) in [4.78, 5) is 29.2. The molecule has 1 saturated heterocycles. The summed E-state index contributed by atoms with van der Waals surface area (Å²) in [7, 11) is 0. The minimum absolute atomic E-state index is 0. The standard InChI is InChI=1S/C21H29N7O.HI/c1-16(2)17-5-3-6-18(15-17)26-20(22)23-10-7-19(29)27-11-13-28(14-12-27)21-24-8-4-9-25-21;/h3-6,8-9,15-16H,7,10-14H2,1-2H3,(H3,22,23,26);1H. The van der Waals surface area contributed by atoms with Crippen LogP contribution in [0.3, 0.4) is 0 Å². The molecule has 2 aromatic rings. The number of nitrogens with zero attached hydrogens (tertiary/aromatic N) is 5. The van der Waals surface area contributed by atoms with Crippen LogP contribution >= 0.6 is 24.0 Å². The monoisotopic (exact) mass is 523 g/mol. The number of guanidine groups is 1. The van der Waals surface area contributed by atoms with E-state index in [4.69, 9.17) is 5.73 Å². The molecule has 9 heteroatoms. The second-order valence-electron chi connectivity index (χ2n) is 7.34. The van der Waals surface area contributed by atoms with Crippen molar-refractivity contribution in [1.29, 1.82) is 0 Å². The first-order valence-electron chi connectivity index (χ1n) is 9.99. The lowest BCUT2D eigenvalue weighted by Gasteiger charge is -2.34. The number of nitrogens with two attached hydrogens (primary N) is 1. The van der Waals surface area contributed by atoms with Crippen LogP contribution in [0, 0.1) is 0 Å². The molecule has 0 atom stereocenters. The Hall–Kier alpha value is -2.43. The third-order valence-electron chi connectivity index (χ3n) is 4.90. The number of piperazine rings is 1. The van der Waals surface area contributed by atoms with Crippen LogP contribution in [0.4, 0.5) is 11.6 Å². The van der Waals surface area contributed by atoms with Crippen LogP contribution in [0.15, 0.2) is 47.7 Å². The summed E-state index contributed by atoms with van der Waals surface area (Å²) < 4.78 is 0. The zero-order valence-electron chi connectivity index (χ0n) is 17.5. The molecule has 3 rings (SSSR count). The number of aliphatic imine (C=N–C) groups is 1. The van der Waals surface area contributed by atoms with Gasteiger partial charge in [-0.15, -0.1) is 24.0 Å². The smallest absolute Gasteiger partial charge is 0.225 e. The third-order valence-corrected chi connectivity index (χ3v) is 4.90. The first-order chi connectivity index (χ1) is 14.0. The van der Waals surface area contributed by atoms with E-state index >= 15 is 0 Å². The summed E-state index contributed by atoms with van der Waals surface area (Å²) in [6.45, 7) is 7.45. The lowest BCUT2D eigenvalue weighted by atomic mass is 10.0. The van der Waals surface area contributed by atoms with Gasteiger partial charge in [-0.05, 0) is 29.7 Å². The van der Waals surface area contributed by atoms with E-state index in [0.29, 0.717) is 43.9 Å². The minimum atomic E-state index is 0. The number of rotatable bonds is 6. The van der Waals surface area contributed by atoms with Crippen LogP contribution in [-0.2, 0) is 4.79 Å². The van der Waals surface area contributed by atoms with Gasteiger partial charge >= 0.3 is 0 Å². The van der Waals surface area contributed by atoms with Gasteiger partial charge < -0.3 is 20.9 Å². The number of benzene rings is 1. The highest BCUT2D eigenvalue weighted by atomic mass is 127. The Kier molecular flexibility index (Phi) is 9.28. The van der Waals surface area contributed by atoms with E-state index < -0.39 is 0 Å². The van der Waals surface area contributed by atoms with Crippen molar-refractivity contribution in [3.05, 3.63) is 48.3 Å². The molecule has 8 nitrogen and oxygen atoms in total. The molecule has 30 heavy (non-hydrogen) atoms. The van der Waals surface area contributed by atoms with Gasteiger partial charge in [-0.25, -0.2) is 9.97 Å². The third kappa shape index (κ3) is 6.82. The highest BCUT2D eigenvalue weighted by molar-refractivity contribution is 14.0. The van der Waals surface area contributed by atoms with E-state index in [2.05, 4.69) is 51.2 Å². The van der Waals surface area contributed by atoms with Gasteiger partial charge in [0.2, 0.25) is 11.9 Å². The van der Waals surface area contributed by atoms with Gasteiger partial charge in [-0.3, -0.25) is 9.79 Å². The Balaban J connectivity index is 0.00000320. The van der Waals surface area contributed by atoms with Crippen molar-refractivity contribution in [3.8, 4) is 0 Å². The number of nitrogens with one attached hydrogen (secondary N) is 1. The molecule has 2 heterocycles. The molecule has 0 radical (unpaired) electrons. The maximum Gasteiger partial charge on any atom is 0.225 e. The predicted octanol–water partition coefficient (Wildman–Crippen LogP) is 2.68. The molecule has 1 aromatic heterocycles. The van der Waals surface area contributed by atoms with E-state index in [1.54, 1.807) is 18.5 Å². The zero-order chi connectivity index (χ0) is 20.6. The van der Waals surface area contributed by atoms with Gasteiger partial charge in [0, 0.05) is 50.7 Å². The molecule has 1 fully saturated rings. The minimum Gasteiger partial charge on any atom is -0.370 e. The number of carbonyl (C=O) groups excluding carboxylic acids is 1. The molecule has 1 aromatic carbocycles. The van der Waals surface area contributed by atoms with Crippen LogP contribution in [0.2, 0.25) is 0 Å². The quantitative estimate of drug-likeness (QED) is 0.343. The SMILES string of the molecule is CC(C)c1cccc(NC(N)=NCCC(=O)N2CCN(c3ncccn3)CC2)c1.I. The molecule has 0 bridgehead atoms. The zero-order valence-corrected chi connectivity index (χ0v) is 19.8. The van der Waals surface area contributed by atoms with Crippen LogP contribution in [0.25, 0.3) is 0 Å². The molecule has 1 amide bonds. The fraction of sp³-hybridized carbons (Fsp3) is 0.429. The summed E-state index contributed by atoms with van der Waals surface area (Å²) in [6, 6.07) is 9.90. The number of hydrogen-bond donors (Lipinski definition) is 2. The highest BCUT2D eigenvalue weighted by Gasteiger charge is 2.21. The Bertz CT molecular complexity index is 836. The van der Waals surface area contributed by atoms with Crippen molar-refractivity contribution in [2.24, 2.45) is 10.7 Å². The maximum atomic E-state index is 12.4. The predicted molar refractivity (Wildman–Crippen MR) is 132 cm³/mol. The van der Waals surface area contributed by atoms with Gasteiger partial charge in [0.25, 0.3) is 0 Å². The maximum absolute atomic E-state index is 12.4. The topological polar surface area (TPSA) is 99.7 Å². The van der Waals surface area contributed by atoms with Crippen LogP contribution < -0.4 is 16.0 Å². The lowest BCUT2D eigenvalue weighted by Crippen LogP contribution is -2.49. The summed E-state index contributed by atoms with van der Waals surface area (Å²) in [5, 5.41) is 3.10. The average molecular weight is 523 g/mol. The van der Waals surface area contributed by atoms with Crippen LogP contribution in [0.5, 0.6) is 0 Å². The molecule has 1 aliphatic heterocycles. The Morgan fingerprint density at radius 2 is 1.87 bits per heavy atom. The van der Waals surface area contributed by atoms with Crippen molar-refractivity contribution in [2.75, 3.05) is 42.9 Å². The van der Waals surface area contributed by atoms with E-state index in [-0.39, 0.29) is 29.9 Å². The van der Waals surface area contributed by atoms with Crippen LogP contribution in [-0.4, -0.2) is 59.5 Å². The summed E-state index contributed by atoms with van der Waals surface area (Å²) >= 11 is 0. The first-order valence-corrected chi connectivity index (χ1v) is 9.99. The van der Waals surface area contributed by atoms with Crippen molar-refractivity contribution in [3.63, 3.8) is 0 Å². The Morgan fingerprint density at radius 3 is 2.53 bits per heavy atom. The average Bonchev–Trinajstić information content (AvgIpc) is 2.74. The van der Waals surface area contributed by atoms with E-state index in [1.165, 1.54) is 5.56 Å². The molecule has 0 saturated carbocycles. The molecular weight excluding hydrogens is 493 g/mol. The van der Waals surface area contributed by atoms with Crippen molar-refractivity contribution in [2.45, 2.75) is 26.2 Å². The molecule has 162 valence electrons. The second kappa shape index (κ2) is 11.7. The Morgan fingerprint density at radius 1 is 1.17 bits per heavy atom. The van der Waals surface area contributed by atoms with Crippen molar-refractivity contribution in [1.82, 2.24) is 14.9 Å². The summed E-state index contributed by atoms with van der Waals surface area (Å²) in [5.74, 6) is 1.58. The second-order valence-corrected chi connectivity index (χ2v) is 7.34. The van der Waals surface area contributed by atoms with Gasteiger partial charge in [-0.1, -0.05) is 26.0 Å². The van der Waals surface area contributed by atoms with E-state index in [9.17, 15) is 4.79 Å². The molecule has 0 aliphatic carbocycles. The number of amides is 1. The number of carbonyl (C=O) groups is 1. The fourth-order valence-corrected chi connectivity index (χ4v) is 3.20. The van der Waals surface area contributed by atoms with Crippen LogP contribution in [0.1, 0.15) is 31.7 Å². The number of halogens is 1. The largest absolute Gasteiger partial charge is 0.370 e. The molecule has 3 N–H and O–H groups in total. The number of hydrogen-bond acceptors (Lipinski definition) is 5. The molecular formula is C21H30IN7O. The first kappa shape index (κ1) is 23.8. The van der Waals surface area contributed by atoms with Gasteiger partial charge in [0.15, 0.2) is 5.96 Å². The fourth-order valence-electron chi connectivity index (χ4n) is 3.20. The molecule has 0 unspecified atom stereocenters. The van der Waals surface area contributed by atoms with E-state index in [0.717, 1.165) is 18.8 Å². The molecule has 0 spiro atoms. The van der Waals surface area contributed by atoms with Gasteiger partial charge in [0.05, 0.1) is 6.54 Å². The van der Waals surface area contributed by atoms with Crippen molar-refractivity contribution >= 4 is 47.5 Å². The number of aromatic nitrogens is 2. The lowest BCUT2D eigenvalue weighted by molar-refractivity contribution is -0.131.